The predicted molar refractivity (Wildman–Crippen MR) is 50.2 cm³/mol. The first-order valence-electron chi connectivity index (χ1n) is 4.65. The number of nitrogens with one attached hydrogen (secondary N) is 1. The van der Waals surface area contributed by atoms with E-state index in [2.05, 4.69) is 5.32 Å². The second-order valence-corrected chi connectivity index (χ2v) is 3.38. The van der Waals surface area contributed by atoms with Crippen molar-refractivity contribution in [2.75, 3.05) is 6.54 Å². The molecule has 13 heavy (non-hydrogen) atoms. The van der Waals surface area contributed by atoms with Crippen LogP contribution in [0.15, 0.2) is 0 Å². The van der Waals surface area contributed by atoms with Crippen LogP contribution in [-0.2, 0) is 4.79 Å². The molecule has 0 rings (SSSR count). The van der Waals surface area contributed by atoms with Crippen molar-refractivity contribution < 1.29 is 15.0 Å². The third-order valence-electron chi connectivity index (χ3n) is 1.67. The van der Waals surface area contributed by atoms with Gasteiger partial charge in [0.25, 0.3) is 0 Å². The minimum atomic E-state index is -0.428. The molecule has 0 aromatic heterocycles. The lowest BCUT2D eigenvalue weighted by molar-refractivity contribution is -0.121. The smallest absolute Gasteiger partial charge is 0.220 e. The molecule has 2 unspecified atom stereocenters. The van der Waals surface area contributed by atoms with Gasteiger partial charge in [-0.15, -0.1) is 0 Å². The van der Waals surface area contributed by atoms with Crippen LogP contribution in [0.5, 0.6) is 0 Å². The van der Waals surface area contributed by atoms with Gasteiger partial charge in [0.05, 0.1) is 12.2 Å². The number of hydrogen-bond donors (Lipinski definition) is 3. The second kappa shape index (κ2) is 6.86. The molecular formula is C9H19NO3. The molecule has 2 atom stereocenters. The molecule has 0 heterocycles. The van der Waals surface area contributed by atoms with Gasteiger partial charge in [0, 0.05) is 13.0 Å². The highest BCUT2D eigenvalue weighted by Gasteiger charge is 2.03. The van der Waals surface area contributed by atoms with E-state index in [-0.39, 0.29) is 12.0 Å². The van der Waals surface area contributed by atoms with E-state index >= 15 is 0 Å². The predicted octanol–water partition coefficient (Wildman–Crippen LogP) is 0.0345. The summed E-state index contributed by atoms with van der Waals surface area (Å²) < 4.78 is 0. The van der Waals surface area contributed by atoms with E-state index in [4.69, 9.17) is 10.2 Å². The summed E-state index contributed by atoms with van der Waals surface area (Å²) in [6, 6.07) is 0. The van der Waals surface area contributed by atoms with E-state index in [1.54, 1.807) is 13.8 Å². The Morgan fingerprint density at radius 1 is 1.23 bits per heavy atom. The summed E-state index contributed by atoms with van der Waals surface area (Å²) in [5, 5.41) is 20.4. The van der Waals surface area contributed by atoms with Crippen molar-refractivity contribution in [3.63, 3.8) is 0 Å². The first-order valence-corrected chi connectivity index (χ1v) is 4.65. The summed E-state index contributed by atoms with van der Waals surface area (Å²) in [6.07, 6.45) is 0.595. The molecular weight excluding hydrogens is 170 g/mol. The number of amides is 1. The molecule has 0 radical (unpaired) electrons. The van der Waals surface area contributed by atoms with Crippen LogP contribution < -0.4 is 5.32 Å². The van der Waals surface area contributed by atoms with Gasteiger partial charge in [-0.25, -0.2) is 0 Å². The topological polar surface area (TPSA) is 69.6 Å². The van der Waals surface area contributed by atoms with E-state index < -0.39 is 6.10 Å². The van der Waals surface area contributed by atoms with Crippen LogP contribution >= 0.6 is 0 Å². The van der Waals surface area contributed by atoms with Gasteiger partial charge in [-0.3, -0.25) is 4.79 Å². The summed E-state index contributed by atoms with van der Waals surface area (Å²) >= 11 is 0. The highest BCUT2D eigenvalue weighted by molar-refractivity contribution is 5.75. The fourth-order valence-electron chi connectivity index (χ4n) is 0.849. The molecule has 0 fully saturated rings. The van der Waals surface area contributed by atoms with Crippen molar-refractivity contribution in [3.8, 4) is 0 Å². The number of rotatable bonds is 6. The summed E-state index contributed by atoms with van der Waals surface area (Å²) in [6.45, 7) is 3.83. The number of aliphatic hydroxyl groups excluding tert-OH is 2. The molecule has 78 valence electrons. The van der Waals surface area contributed by atoms with Crippen molar-refractivity contribution in [3.05, 3.63) is 0 Å². The van der Waals surface area contributed by atoms with Crippen LogP contribution in [0.4, 0.5) is 0 Å². The average molecular weight is 189 g/mol. The van der Waals surface area contributed by atoms with Gasteiger partial charge >= 0.3 is 0 Å². The summed E-state index contributed by atoms with van der Waals surface area (Å²) in [5.41, 5.74) is 0. The highest BCUT2D eigenvalue weighted by Crippen LogP contribution is 1.95. The van der Waals surface area contributed by atoms with E-state index in [1.807, 2.05) is 0 Å². The van der Waals surface area contributed by atoms with Gasteiger partial charge in [-0.1, -0.05) is 0 Å². The van der Waals surface area contributed by atoms with Crippen molar-refractivity contribution in [1.29, 1.82) is 0 Å². The van der Waals surface area contributed by atoms with Crippen LogP contribution in [0.2, 0.25) is 0 Å². The fourth-order valence-corrected chi connectivity index (χ4v) is 0.849. The lowest BCUT2D eigenvalue weighted by Crippen LogP contribution is -2.26. The van der Waals surface area contributed by atoms with Crippen LogP contribution in [0.25, 0.3) is 0 Å². The first kappa shape index (κ1) is 12.4. The van der Waals surface area contributed by atoms with Gasteiger partial charge in [0.15, 0.2) is 0 Å². The van der Waals surface area contributed by atoms with Gasteiger partial charge in [0.2, 0.25) is 5.91 Å². The summed E-state index contributed by atoms with van der Waals surface area (Å²) in [7, 11) is 0. The molecule has 0 saturated carbocycles. The lowest BCUT2D eigenvalue weighted by Gasteiger charge is -2.07. The lowest BCUT2D eigenvalue weighted by atomic mass is 10.2. The zero-order valence-corrected chi connectivity index (χ0v) is 8.29. The second-order valence-electron chi connectivity index (χ2n) is 3.38. The average Bonchev–Trinajstić information content (AvgIpc) is 2.00. The van der Waals surface area contributed by atoms with Crippen molar-refractivity contribution in [2.45, 2.75) is 45.3 Å². The van der Waals surface area contributed by atoms with E-state index in [0.717, 1.165) is 0 Å². The maximum absolute atomic E-state index is 11.0. The molecule has 0 aromatic carbocycles. The summed E-state index contributed by atoms with van der Waals surface area (Å²) in [5.74, 6) is -0.0680. The Hall–Kier alpha value is -0.610. The van der Waals surface area contributed by atoms with E-state index in [9.17, 15) is 4.79 Å². The molecule has 0 aliphatic heterocycles. The quantitative estimate of drug-likeness (QED) is 0.552. The molecule has 0 aliphatic rings. The molecule has 0 aromatic rings. The van der Waals surface area contributed by atoms with Gasteiger partial charge in [-0.05, 0) is 26.7 Å². The third kappa shape index (κ3) is 9.30. The molecule has 4 nitrogen and oxygen atoms in total. The molecule has 0 saturated heterocycles. The molecule has 0 bridgehead atoms. The standard InChI is InChI=1S/C9H19NO3/c1-7(11)3-4-9(13)10-6-5-8(2)12/h7-8,11-12H,3-6H2,1-2H3,(H,10,13). The molecule has 4 heteroatoms. The van der Waals surface area contributed by atoms with Crippen LogP contribution in [0.3, 0.4) is 0 Å². The zero-order chi connectivity index (χ0) is 10.3. The molecule has 0 spiro atoms. The van der Waals surface area contributed by atoms with Crippen LogP contribution in [0.1, 0.15) is 33.1 Å². The number of hydrogen-bond acceptors (Lipinski definition) is 3. The molecule has 3 N–H and O–H groups in total. The van der Waals surface area contributed by atoms with E-state index in [0.29, 0.717) is 25.8 Å². The highest BCUT2D eigenvalue weighted by atomic mass is 16.3. The third-order valence-corrected chi connectivity index (χ3v) is 1.67. The van der Waals surface area contributed by atoms with E-state index in [1.165, 1.54) is 0 Å². The maximum Gasteiger partial charge on any atom is 0.220 e. The number of carbonyl (C=O) groups is 1. The van der Waals surface area contributed by atoms with Gasteiger partial charge in [-0.2, -0.15) is 0 Å². The van der Waals surface area contributed by atoms with Gasteiger partial charge in [0.1, 0.15) is 0 Å². The SMILES string of the molecule is CC(O)CCNC(=O)CCC(C)O. The summed E-state index contributed by atoms with van der Waals surface area (Å²) in [4.78, 5) is 11.0. The Morgan fingerprint density at radius 3 is 2.23 bits per heavy atom. The Balaban J connectivity index is 3.30. The first-order chi connectivity index (χ1) is 6.02. The van der Waals surface area contributed by atoms with Crippen molar-refractivity contribution in [2.24, 2.45) is 0 Å². The minimum Gasteiger partial charge on any atom is -0.393 e. The monoisotopic (exact) mass is 189 g/mol. The number of carbonyl (C=O) groups excluding carboxylic acids is 1. The largest absolute Gasteiger partial charge is 0.393 e. The molecule has 0 aliphatic carbocycles. The maximum atomic E-state index is 11.0. The Bertz CT molecular complexity index is 146. The van der Waals surface area contributed by atoms with Crippen molar-refractivity contribution in [1.82, 2.24) is 5.32 Å². The Kier molecular flexibility index (Phi) is 6.54. The fraction of sp³-hybridized carbons (Fsp3) is 0.889. The normalized spacial score (nSPS) is 15.1. The van der Waals surface area contributed by atoms with Gasteiger partial charge < -0.3 is 15.5 Å². The number of aliphatic hydroxyl groups is 2. The Labute approximate surface area is 79.0 Å². The zero-order valence-electron chi connectivity index (χ0n) is 8.29. The van der Waals surface area contributed by atoms with Crippen LogP contribution in [-0.4, -0.2) is 34.9 Å². The van der Waals surface area contributed by atoms with Crippen molar-refractivity contribution >= 4 is 5.91 Å². The minimum absolute atomic E-state index is 0.0680. The Morgan fingerprint density at radius 2 is 1.77 bits per heavy atom. The molecule has 1 amide bonds. The van der Waals surface area contributed by atoms with Crippen LogP contribution in [0, 0.1) is 0 Å².